The highest BCUT2D eigenvalue weighted by atomic mass is 35.5. The molecule has 0 aromatic heterocycles. The molecule has 0 saturated carbocycles. The average Bonchev–Trinajstić information content (AvgIpc) is 2.53. The highest BCUT2D eigenvalue weighted by molar-refractivity contribution is 6.30. The second kappa shape index (κ2) is 8.17. The van der Waals surface area contributed by atoms with Crippen molar-refractivity contribution in [1.29, 1.82) is 5.26 Å². The van der Waals surface area contributed by atoms with Crippen LogP contribution in [0.25, 0.3) is 11.6 Å². The molecule has 0 aliphatic heterocycles. The van der Waals surface area contributed by atoms with Gasteiger partial charge in [0.15, 0.2) is 0 Å². The Hall–Kier alpha value is -2.57. The lowest BCUT2D eigenvalue weighted by Crippen LogP contribution is -2.06. The summed E-state index contributed by atoms with van der Waals surface area (Å²) >= 11 is 5.97. The van der Waals surface area contributed by atoms with Gasteiger partial charge < -0.3 is 4.74 Å². The standard InChI is InChI=1S/C19H16ClNO2/c1-2-5-19(22)23-18-9-3-6-14(11-18)10-16(13-21)15-7-4-8-17(20)12-15/h3-4,6-12H,2,5H2,1H3/b16-10-. The van der Waals surface area contributed by atoms with Gasteiger partial charge in [0, 0.05) is 11.4 Å². The van der Waals surface area contributed by atoms with Crippen LogP contribution in [0.15, 0.2) is 48.5 Å². The summed E-state index contributed by atoms with van der Waals surface area (Å²) in [6.45, 7) is 1.92. The molecule has 0 aliphatic carbocycles. The Bertz CT molecular complexity index is 775. The SMILES string of the molecule is CCCC(=O)Oc1cccc(/C=C(/C#N)c2cccc(Cl)c2)c1. The molecule has 4 heteroatoms. The summed E-state index contributed by atoms with van der Waals surface area (Å²) in [6.07, 6.45) is 2.86. The van der Waals surface area contributed by atoms with Gasteiger partial charge in [-0.2, -0.15) is 5.26 Å². The summed E-state index contributed by atoms with van der Waals surface area (Å²) in [5, 5.41) is 9.94. The van der Waals surface area contributed by atoms with Gasteiger partial charge in [0.25, 0.3) is 0 Å². The zero-order chi connectivity index (χ0) is 16.7. The summed E-state index contributed by atoms with van der Waals surface area (Å²) in [6, 6.07) is 16.4. The molecule has 2 aromatic carbocycles. The molecular weight excluding hydrogens is 310 g/mol. The summed E-state index contributed by atoms with van der Waals surface area (Å²) in [5.41, 5.74) is 2.02. The molecule has 0 bridgehead atoms. The molecule has 23 heavy (non-hydrogen) atoms. The zero-order valence-corrected chi connectivity index (χ0v) is 13.5. The van der Waals surface area contributed by atoms with Crippen LogP contribution in [0.4, 0.5) is 0 Å². The van der Waals surface area contributed by atoms with E-state index >= 15 is 0 Å². The number of carbonyl (C=O) groups excluding carboxylic acids is 1. The fraction of sp³-hybridized carbons (Fsp3) is 0.158. The fourth-order valence-electron chi connectivity index (χ4n) is 2.06. The Kier molecular flexibility index (Phi) is 5.96. The van der Waals surface area contributed by atoms with Crippen molar-refractivity contribution in [2.24, 2.45) is 0 Å². The minimum absolute atomic E-state index is 0.260. The first-order valence-corrected chi connectivity index (χ1v) is 7.68. The van der Waals surface area contributed by atoms with Crippen molar-refractivity contribution in [3.63, 3.8) is 0 Å². The van der Waals surface area contributed by atoms with Crippen LogP contribution in [-0.2, 0) is 4.79 Å². The maximum atomic E-state index is 11.6. The first-order valence-electron chi connectivity index (χ1n) is 7.31. The number of benzene rings is 2. The largest absolute Gasteiger partial charge is 0.427 e. The molecule has 0 radical (unpaired) electrons. The van der Waals surface area contributed by atoms with Gasteiger partial charge in [-0.25, -0.2) is 0 Å². The van der Waals surface area contributed by atoms with Gasteiger partial charge in [-0.1, -0.05) is 42.8 Å². The van der Waals surface area contributed by atoms with Crippen molar-refractivity contribution in [1.82, 2.24) is 0 Å². The number of hydrogen-bond donors (Lipinski definition) is 0. The Morgan fingerprint density at radius 2 is 2.04 bits per heavy atom. The number of nitriles is 1. The van der Waals surface area contributed by atoms with Gasteiger partial charge in [-0.3, -0.25) is 4.79 Å². The molecule has 0 heterocycles. The van der Waals surface area contributed by atoms with Crippen LogP contribution in [0.2, 0.25) is 5.02 Å². The number of allylic oxidation sites excluding steroid dienone is 1. The minimum atomic E-state index is -0.260. The number of nitrogens with zero attached hydrogens (tertiary/aromatic N) is 1. The quantitative estimate of drug-likeness (QED) is 0.332. The molecule has 0 amide bonds. The number of halogens is 1. The molecule has 2 rings (SSSR count). The van der Waals surface area contributed by atoms with Gasteiger partial charge in [-0.05, 0) is 47.9 Å². The van der Waals surface area contributed by atoms with E-state index in [-0.39, 0.29) is 5.97 Å². The van der Waals surface area contributed by atoms with E-state index < -0.39 is 0 Å². The third-order valence-electron chi connectivity index (χ3n) is 3.11. The van der Waals surface area contributed by atoms with Crippen molar-refractivity contribution in [2.45, 2.75) is 19.8 Å². The van der Waals surface area contributed by atoms with Crippen LogP contribution in [0.3, 0.4) is 0 Å². The zero-order valence-electron chi connectivity index (χ0n) is 12.8. The molecule has 0 unspecified atom stereocenters. The molecule has 0 fully saturated rings. The lowest BCUT2D eigenvalue weighted by molar-refractivity contribution is -0.134. The molecule has 0 saturated heterocycles. The number of hydrogen-bond acceptors (Lipinski definition) is 3. The maximum Gasteiger partial charge on any atom is 0.311 e. The number of esters is 1. The first-order chi connectivity index (χ1) is 11.1. The molecule has 2 aromatic rings. The van der Waals surface area contributed by atoms with Crippen LogP contribution in [-0.4, -0.2) is 5.97 Å². The lowest BCUT2D eigenvalue weighted by Gasteiger charge is -2.05. The minimum Gasteiger partial charge on any atom is -0.427 e. The normalized spacial score (nSPS) is 10.9. The van der Waals surface area contributed by atoms with E-state index in [1.54, 1.807) is 42.5 Å². The van der Waals surface area contributed by atoms with Crippen LogP contribution < -0.4 is 4.74 Å². The van der Waals surface area contributed by atoms with E-state index in [0.29, 0.717) is 22.8 Å². The summed E-state index contributed by atoms with van der Waals surface area (Å²) < 4.78 is 5.26. The van der Waals surface area contributed by atoms with E-state index in [9.17, 15) is 10.1 Å². The average molecular weight is 326 g/mol. The smallest absolute Gasteiger partial charge is 0.311 e. The number of rotatable bonds is 5. The molecular formula is C19H16ClNO2. The van der Waals surface area contributed by atoms with Crippen molar-refractivity contribution in [2.75, 3.05) is 0 Å². The fourth-order valence-corrected chi connectivity index (χ4v) is 2.25. The molecule has 0 atom stereocenters. The van der Waals surface area contributed by atoms with E-state index in [2.05, 4.69) is 6.07 Å². The van der Waals surface area contributed by atoms with Crippen molar-refractivity contribution in [3.8, 4) is 11.8 Å². The van der Waals surface area contributed by atoms with E-state index in [0.717, 1.165) is 17.5 Å². The third-order valence-corrected chi connectivity index (χ3v) is 3.35. The summed E-state index contributed by atoms with van der Waals surface area (Å²) in [4.78, 5) is 11.6. The molecule has 3 nitrogen and oxygen atoms in total. The lowest BCUT2D eigenvalue weighted by atomic mass is 10.0. The number of ether oxygens (including phenoxy) is 1. The van der Waals surface area contributed by atoms with Gasteiger partial charge in [0.1, 0.15) is 5.75 Å². The summed E-state index contributed by atoms with van der Waals surface area (Å²) in [5.74, 6) is 0.213. The van der Waals surface area contributed by atoms with E-state index in [1.165, 1.54) is 0 Å². The van der Waals surface area contributed by atoms with Crippen LogP contribution in [0.1, 0.15) is 30.9 Å². The molecule has 116 valence electrons. The van der Waals surface area contributed by atoms with Gasteiger partial charge >= 0.3 is 5.97 Å². The Balaban J connectivity index is 2.27. The summed E-state index contributed by atoms with van der Waals surface area (Å²) in [7, 11) is 0. The second-order valence-electron chi connectivity index (χ2n) is 4.98. The van der Waals surface area contributed by atoms with Crippen molar-refractivity contribution < 1.29 is 9.53 Å². The van der Waals surface area contributed by atoms with Crippen molar-refractivity contribution in [3.05, 3.63) is 64.7 Å². The Morgan fingerprint density at radius 3 is 2.74 bits per heavy atom. The Labute approximate surface area is 140 Å². The molecule has 0 aliphatic rings. The maximum absolute atomic E-state index is 11.6. The molecule has 0 N–H and O–H groups in total. The number of carbonyl (C=O) groups is 1. The van der Waals surface area contributed by atoms with Crippen LogP contribution >= 0.6 is 11.6 Å². The van der Waals surface area contributed by atoms with Crippen LogP contribution in [0, 0.1) is 11.3 Å². The van der Waals surface area contributed by atoms with Gasteiger partial charge in [-0.15, -0.1) is 0 Å². The highest BCUT2D eigenvalue weighted by Crippen LogP contribution is 2.23. The van der Waals surface area contributed by atoms with E-state index in [4.69, 9.17) is 16.3 Å². The van der Waals surface area contributed by atoms with Crippen molar-refractivity contribution >= 4 is 29.2 Å². The topological polar surface area (TPSA) is 50.1 Å². The Morgan fingerprint density at radius 1 is 1.26 bits per heavy atom. The predicted octanol–water partition coefficient (Wildman–Crippen LogP) is 5.11. The predicted molar refractivity (Wildman–Crippen MR) is 91.9 cm³/mol. The van der Waals surface area contributed by atoms with Gasteiger partial charge in [0.05, 0.1) is 11.6 Å². The monoisotopic (exact) mass is 325 g/mol. The second-order valence-corrected chi connectivity index (χ2v) is 5.41. The molecule has 0 spiro atoms. The third kappa shape index (κ3) is 4.98. The van der Waals surface area contributed by atoms with Crippen LogP contribution in [0.5, 0.6) is 5.75 Å². The highest BCUT2D eigenvalue weighted by Gasteiger charge is 2.05. The first kappa shape index (κ1) is 16.8. The van der Waals surface area contributed by atoms with Gasteiger partial charge in [0.2, 0.25) is 0 Å². The van der Waals surface area contributed by atoms with E-state index in [1.807, 2.05) is 19.1 Å².